The molecule has 0 amide bonds. The second-order valence-corrected chi connectivity index (χ2v) is 4.70. The van der Waals surface area contributed by atoms with Crippen LogP contribution in [0.1, 0.15) is 38.5 Å². The van der Waals surface area contributed by atoms with Gasteiger partial charge in [-0.2, -0.15) is 0 Å². The first-order valence-electron chi connectivity index (χ1n) is 6.15. The molecule has 0 unspecified atom stereocenters. The number of aromatic nitrogens is 1. The fraction of sp³-hybridized carbons (Fsp3) is 0.333. The van der Waals surface area contributed by atoms with Gasteiger partial charge < -0.3 is 9.26 Å². The molecule has 0 N–H and O–H groups in total. The van der Waals surface area contributed by atoms with Gasteiger partial charge in [0.1, 0.15) is 12.4 Å². The van der Waals surface area contributed by atoms with E-state index in [9.17, 15) is 4.79 Å². The molecule has 0 aliphatic heterocycles. The first-order valence-corrected chi connectivity index (χ1v) is 6.15. The summed E-state index contributed by atoms with van der Waals surface area (Å²) in [6.45, 7) is 7.67. The van der Waals surface area contributed by atoms with Crippen molar-refractivity contribution in [1.29, 1.82) is 0 Å². The summed E-state index contributed by atoms with van der Waals surface area (Å²) in [7, 11) is 0. The Morgan fingerprint density at radius 2 is 2.00 bits per heavy atom. The van der Waals surface area contributed by atoms with Gasteiger partial charge in [-0.25, -0.2) is 4.79 Å². The van der Waals surface area contributed by atoms with E-state index in [2.05, 4.69) is 5.16 Å². The normalized spacial score (nSPS) is 10.5. The number of hydrogen-bond acceptors (Lipinski definition) is 4. The average molecular weight is 259 g/mol. The first kappa shape index (κ1) is 13.3. The molecule has 0 spiro atoms. The molecule has 0 aliphatic carbocycles. The molecule has 0 aliphatic rings. The molecule has 0 saturated heterocycles. The largest absolute Gasteiger partial charge is 0.457 e. The van der Waals surface area contributed by atoms with Gasteiger partial charge in [-0.15, -0.1) is 0 Å². The third-order valence-electron chi connectivity index (χ3n) is 3.14. The summed E-state index contributed by atoms with van der Waals surface area (Å²) in [5, 5.41) is 3.83. The van der Waals surface area contributed by atoms with Gasteiger partial charge in [-0.3, -0.25) is 0 Å². The predicted molar refractivity (Wildman–Crippen MR) is 71.0 cm³/mol. The van der Waals surface area contributed by atoms with Crippen LogP contribution in [0.4, 0.5) is 0 Å². The van der Waals surface area contributed by atoms with Crippen molar-refractivity contribution in [1.82, 2.24) is 5.16 Å². The lowest BCUT2D eigenvalue weighted by Gasteiger charge is -2.07. The minimum atomic E-state index is -0.318. The molecular formula is C15H17NO3. The molecular weight excluding hydrogens is 242 g/mol. The van der Waals surface area contributed by atoms with Gasteiger partial charge in [0.25, 0.3) is 0 Å². The van der Waals surface area contributed by atoms with Gasteiger partial charge in [0.2, 0.25) is 0 Å². The van der Waals surface area contributed by atoms with Crippen molar-refractivity contribution in [3.8, 4) is 0 Å². The van der Waals surface area contributed by atoms with E-state index in [1.165, 1.54) is 0 Å². The fourth-order valence-electron chi connectivity index (χ4n) is 1.88. The van der Waals surface area contributed by atoms with Gasteiger partial charge in [0.05, 0.1) is 16.8 Å². The highest BCUT2D eigenvalue weighted by molar-refractivity contribution is 5.91. The van der Waals surface area contributed by atoms with Crippen molar-refractivity contribution < 1.29 is 14.1 Å². The molecule has 2 aromatic rings. The molecule has 1 aromatic carbocycles. The number of carbonyl (C=O) groups excluding carboxylic acids is 1. The molecule has 4 heteroatoms. The summed E-state index contributed by atoms with van der Waals surface area (Å²) >= 11 is 0. The summed E-state index contributed by atoms with van der Waals surface area (Å²) in [6.07, 6.45) is 0. The Kier molecular flexibility index (Phi) is 3.69. The molecule has 0 atom stereocenters. The molecule has 1 aromatic heterocycles. The maximum Gasteiger partial charge on any atom is 0.338 e. The van der Waals surface area contributed by atoms with Gasteiger partial charge >= 0.3 is 5.97 Å². The van der Waals surface area contributed by atoms with Crippen LogP contribution < -0.4 is 0 Å². The molecule has 0 bridgehead atoms. The number of aryl methyl sites for hydroxylation is 4. The van der Waals surface area contributed by atoms with Crippen LogP contribution in [-0.2, 0) is 11.3 Å². The highest BCUT2D eigenvalue weighted by Crippen LogP contribution is 2.16. The van der Waals surface area contributed by atoms with Crippen LogP contribution in [0.2, 0.25) is 0 Å². The molecule has 4 nitrogen and oxygen atoms in total. The predicted octanol–water partition coefficient (Wildman–Crippen LogP) is 3.27. The van der Waals surface area contributed by atoms with Crippen LogP contribution in [0.3, 0.4) is 0 Å². The van der Waals surface area contributed by atoms with Gasteiger partial charge in [0, 0.05) is 0 Å². The third-order valence-corrected chi connectivity index (χ3v) is 3.14. The zero-order chi connectivity index (χ0) is 14.0. The number of carbonyl (C=O) groups is 1. The van der Waals surface area contributed by atoms with E-state index in [-0.39, 0.29) is 12.6 Å². The van der Waals surface area contributed by atoms with Crippen LogP contribution in [0.15, 0.2) is 22.7 Å². The molecule has 0 fully saturated rings. The van der Waals surface area contributed by atoms with Crippen LogP contribution in [-0.4, -0.2) is 11.1 Å². The van der Waals surface area contributed by atoms with E-state index in [1.54, 1.807) is 6.92 Å². The Labute approximate surface area is 112 Å². The zero-order valence-electron chi connectivity index (χ0n) is 11.6. The lowest BCUT2D eigenvalue weighted by molar-refractivity contribution is 0.0470. The number of nitrogens with zero attached hydrogens (tertiary/aromatic N) is 1. The van der Waals surface area contributed by atoms with Crippen molar-refractivity contribution in [3.63, 3.8) is 0 Å². The van der Waals surface area contributed by atoms with E-state index in [1.807, 2.05) is 39.0 Å². The Morgan fingerprint density at radius 1 is 1.26 bits per heavy atom. The number of esters is 1. The summed E-state index contributed by atoms with van der Waals surface area (Å²) in [5.41, 5.74) is 4.14. The topological polar surface area (TPSA) is 52.3 Å². The van der Waals surface area contributed by atoms with E-state index in [0.29, 0.717) is 11.3 Å². The van der Waals surface area contributed by atoms with Crippen molar-refractivity contribution in [2.45, 2.75) is 34.3 Å². The average Bonchev–Trinajstić information content (AvgIpc) is 2.69. The van der Waals surface area contributed by atoms with Gasteiger partial charge in [-0.05, 0) is 39.3 Å². The Morgan fingerprint density at radius 3 is 2.63 bits per heavy atom. The summed E-state index contributed by atoms with van der Waals surface area (Å²) in [6, 6.07) is 5.73. The molecule has 2 rings (SSSR count). The first-order chi connectivity index (χ1) is 8.99. The Hall–Kier alpha value is -2.10. The summed E-state index contributed by atoms with van der Waals surface area (Å²) < 4.78 is 10.4. The minimum Gasteiger partial charge on any atom is -0.457 e. The number of hydrogen-bond donors (Lipinski definition) is 0. The molecule has 100 valence electrons. The van der Waals surface area contributed by atoms with E-state index in [0.717, 1.165) is 22.4 Å². The van der Waals surface area contributed by atoms with Crippen LogP contribution >= 0.6 is 0 Å². The SMILES string of the molecule is Cc1ccc(C)c(C(=O)OCc2c(C)noc2C)c1. The van der Waals surface area contributed by atoms with E-state index < -0.39 is 0 Å². The lowest BCUT2D eigenvalue weighted by Crippen LogP contribution is -2.08. The maximum absolute atomic E-state index is 12.1. The highest BCUT2D eigenvalue weighted by atomic mass is 16.5. The highest BCUT2D eigenvalue weighted by Gasteiger charge is 2.14. The van der Waals surface area contributed by atoms with Crippen LogP contribution in [0.25, 0.3) is 0 Å². The molecule has 0 saturated carbocycles. The minimum absolute atomic E-state index is 0.188. The third kappa shape index (κ3) is 2.84. The van der Waals surface area contributed by atoms with Crippen molar-refractivity contribution >= 4 is 5.97 Å². The smallest absolute Gasteiger partial charge is 0.338 e. The van der Waals surface area contributed by atoms with Crippen molar-refractivity contribution in [2.75, 3.05) is 0 Å². The molecule has 1 heterocycles. The monoisotopic (exact) mass is 259 g/mol. The zero-order valence-corrected chi connectivity index (χ0v) is 11.6. The standard InChI is InChI=1S/C15H17NO3/c1-9-5-6-10(2)13(7-9)15(17)18-8-14-11(3)16-19-12(14)4/h5-7H,8H2,1-4H3. The van der Waals surface area contributed by atoms with Gasteiger partial charge in [0.15, 0.2) is 0 Å². The summed E-state index contributed by atoms with van der Waals surface area (Å²) in [5.74, 6) is 0.368. The second kappa shape index (κ2) is 5.26. The van der Waals surface area contributed by atoms with E-state index in [4.69, 9.17) is 9.26 Å². The van der Waals surface area contributed by atoms with Gasteiger partial charge in [-0.1, -0.05) is 22.9 Å². The lowest BCUT2D eigenvalue weighted by atomic mass is 10.1. The van der Waals surface area contributed by atoms with Crippen LogP contribution in [0.5, 0.6) is 0 Å². The number of rotatable bonds is 3. The van der Waals surface area contributed by atoms with Crippen molar-refractivity contribution in [2.24, 2.45) is 0 Å². The van der Waals surface area contributed by atoms with Crippen molar-refractivity contribution in [3.05, 3.63) is 51.9 Å². The number of benzene rings is 1. The second-order valence-electron chi connectivity index (χ2n) is 4.70. The maximum atomic E-state index is 12.1. The van der Waals surface area contributed by atoms with E-state index >= 15 is 0 Å². The quantitative estimate of drug-likeness (QED) is 0.794. The fourth-order valence-corrected chi connectivity index (χ4v) is 1.88. The Balaban J connectivity index is 2.12. The molecule has 0 radical (unpaired) electrons. The van der Waals surface area contributed by atoms with Crippen LogP contribution in [0, 0.1) is 27.7 Å². The number of ether oxygens (including phenoxy) is 1. The molecule has 19 heavy (non-hydrogen) atoms. The Bertz CT molecular complexity index is 594. The summed E-state index contributed by atoms with van der Waals surface area (Å²) in [4.78, 5) is 12.1.